The van der Waals surface area contributed by atoms with E-state index in [9.17, 15) is 0 Å². The summed E-state index contributed by atoms with van der Waals surface area (Å²) in [6.07, 6.45) is 10.7. The Kier molecular flexibility index (Phi) is 2.94. The highest BCUT2D eigenvalue weighted by Gasteiger charge is 2.41. The van der Waals surface area contributed by atoms with E-state index in [1.807, 2.05) is 6.07 Å². The number of methoxy groups -OCH3 is 1. The highest BCUT2D eigenvalue weighted by molar-refractivity contribution is 6.06. The summed E-state index contributed by atoms with van der Waals surface area (Å²) in [6.45, 7) is 0. The predicted octanol–water partition coefficient (Wildman–Crippen LogP) is 2.34. The van der Waals surface area contributed by atoms with Crippen molar-refractivity contribution in [1.82, 2.24) is 5.43 Å². The van der Waals surface area contributed by atoms with Crippen molar-refractivity contribution in [3.63, 3.8) is 0 Å². The third-order valence-corrected chi connectivity index (χ3v) is 4.46. The monoisotopic (exact) mass is 265 g/mol. The molecular weight excluding hydrogens is 248 g/mol. The first kappa shape index (κ1) is 12.2. The number of nitrogens with zero attached hydrogens (tertiary/aromatic N) is 1. The minimum absolute atomic E-state index is 0.319. The average Bonchev–Trinajstić information content (AvgIpc) is 3.14. The smallest absolute Gasteiger partial charge is 0.122 e. The number of hydrogen-bond donors (Lipinski definition) is 1. The Morgan fingerprint density at radius 3 is 2.90 bits per heavy atom. The highest BCUT2D eigenvalue weighted by atomic mass is 16.5. The molecule has 0 bridgehead atoms. The molecule has 1 N–H and O–H groups in total. The van der Waals surface area contributed by atoms with Gasteiger partial charge in [-0.1, -0.05) is 12.1 Å². The molecule has 1 aromatic carbocycles. The van der Waals surface area contributed by atoms with Gasteiger partial charge in [-0.15, -0.1) is 0 Å². The Hall–Kier alpha value is -1.51. The predicted molar refractivity (Wildman–Crippen MR) is 78.7 cm³/mol. The van der Waals surface area contributed by atoms with Crippen LogP contribution in [-0.2, 0) is 6.42 Å². The van der Waals surface area contributed by atoms with Crippen LogP contribution in [0.1, 0.15) is 17.5 Å². The molecule has 2 atom stereocenters. The molecule has 20 heavy (non-hydrogen) atoms. The number of fused-ring (bicyclic) bond motifs is 3. The van der Waals surface area contributed by atoms with Crippen molar-refractivity contribution in [3.05, 3.63) is 60.9 Å². The van der Waals surface area contributed by atoms with Gasteiger partial charge in [0, 0.05) is 23.0 Å². The molecule has 1 saturated carbocycles. The van der Waals surface area contributed by atoms with E-state index in [-0.39, 0.29) is 0 Å². The Balaban J connectivity index is 1.66. The van der Waals surface area contributed by atoms with Gasteiger partial charge in [0.2, 0.25) is 0 Å². The lowest BCUT2D eigenvalue weighted by Crippen LogP contribution is -2.37. The summed E-state index contributed by atoms with van der Waals surface area (Å²) in [5.74, 6) is 2.79. The van der Waals surface area contributed by atoms with Crippen LogP contribution in [0.25, 0.3) is 0 Å². The zero-order valence-corrected chi connectivity index (χ0v) is 11.5. The molecular formula is C17H17N2O. The van der Waals surface area contributed by atoms with Crippen molar-refractivity contribution in [2.45, 2.75) is 18.9 Å². The maximum Gasteiger partial charge on any atom is 0.122 e. The number of rotatable bonds is 2. The first-order valence-electron chi connectivity index (χ1n) is 7.09. The molecule has 1 fully saturated rings. The number of hydrogen-bond acceptors (Lipinski definition) is 3. The fraction of sp³-hybridized carbons (Fsp3) is 0.294. The zero-order chi connectivity index (χ0) is 13.5. The first-order valence-corrected chi connectivity index (χ1v) is 7.09. The number of nitrogens with one attached hydrogen (secondary N) is 1. The second kappa shape index (κ2) is 4.80. The minimum atomic E-state index is 0.319. The highest BCUT2D eigenvalue weighted by Crippen LogP contribution is 2.40. The summed E-state index contributed by atoms with van der Waals surface area (Å²) in [7, 11) is 1.74. The van der Waals surface area contributed by atoms with E-state index >= 15 is 0 Å². The molecule has 101 valence electrons. The van der Waals surface area contributed by atoms with E-state index in [1.54, 1.807) is 7.11 Å². The Bertz CT molecular complexity index is 546. The van der Waals surface area contributed by atoms with Crippen molar-refractivity contribution in [2.24, 2.45) is 11.0 Å². The molecule has 0 aromatic heterocycles. The van der Waals surface area contributed by atoms with Crippen molar-refractivity contribution < 1.29 is 4.74 Å². The van der Waals surface area contributed by atoms with Crippen LogP contribution < -0.4 is 10.2 Å². The summed E-state index contributed by atoms with van der Waals surface area (Å²) in [4.78, 5) is 0. The van der Waals surface area contributed by atoms with Crippen LogP contribution in [0, 0.1) is 37.5 Å². The number of ether oxygens (including phenoxy) is 1. The fourth-order valence-electron chi connectivity index (χ4n) is 3.49. The van der Waals surface area contributed by atoms with Gasteiger partial charge in [0.15, 0.2) is 0 Å². The summed E-state index contributed by atoms with van der Waals surface area (Å²) in [5, 5.41) is 4.62. The lowest BCUT2D eigenvalue weighted by molar-refractivity contribution is 0.404. The van der Waals surface area contributed by atoms with Gasteiger partial charge >= 0.3 is 0 Å². The summed E-state index contributed by atoms with van der Waals surface area (Å²) < 4.78 is 5.48. The molecule has 2 aliphatic carbocycles. The normalized spacial score (nSPS) is 28.6. The van der Waals surface area contributed by atoms with Gasteiger partial charge in [-0.05, 0) is 44.6 Å². The lowest BCUT2D eigenvalue weighted by Gasteiger charge is -2.29. The Morgan fingerprint density at radius 1 is 1.25 bits per heavy atom. The molecule has 1 aromatic rings. The van der Waals surface area contributed by atoms with E-state index in [1.165, 1.54) is 22.8 Å². The molecule has 4 rings (SSSR count). The maximum atomic E-state index is 5.48. The van der Waals surface area contributed by atoms with Crippen molar-refractivity contribution in [1.29, 1.82) is 0 Å². The minimum Gasteiger partial charge on any atom is -0.496 e. The van der Waals surface area contributed by atoms with Gasteiger partial charge in [0.05, 0.1) is 18.9 Å². The SMILES string of the molecule is COc1cccc2c1CCC1C2=NNC1[C]1[CH][CH][CH][CH]1. The quantitative estimate of drug-likeness (QED) is 0.890. The van der Waals surface area contributed by atoms with Crippen LogP contribution in [0.2, 0.25) is 0 Å². The summed E-state index contributed by atoms with van der Waals surface area (Å²) >= 11 is 0. The molecule has 0 saturated heterocycles. The van der Waals surface area contributed by atoms with Crippen LogP contribution in [0.5, 0.6) is 5.75 Å². The van der Waals surface area contributed by atoms with Gasteiger partial charge in [-0.3, -0.25) is 0 Å². The Morgan fingerprint density at radius 2 is 2.10 bits per heavy atom. The molecule has 1 heterocycles. The van der Waals surface area contributed by atoms with Gasteiger partial charge < -0.3 is 10.2 Å². The summed E-state index contributed by atoms with van der Waals surface area (Å²) in [6, 6.07) is 6.58. The molecule has 0 amide bonds. The van der Waals surface area contributed by atoms with E-state index in [4.69, 9.17) is 4.74 Å². The van der Waals surface area contributed by atoms with Crippen LogP contribution in [0.4, 0.5) is 0 Å². The van der Waals surface area contributed by atoms with Crippen molar-refractivity contribution in [2.75, 3.05) is 7.11 Å². The topological polar surface area (TPSA) is 33.6 Å². The lowest BCUT2D eigenvalue weighted by atomic mass is 9.75. The zero-order valence-electron chi connectivity index (χ0n) is 11.5. The molecule has 3 aliphatic rings. The second-order valence-corrected chi connectivity index (χ2v) is 5.45. The molecule has 1 aliphatic heterocycles. The van der Waals surface area contributed by atoms with Crippen LogP contribution >= 0.6 is 0 Å². The number of hydrazone groups is 1. The molecule has 3 heteroatoms. The standard InChI is InChI=1S/C17H17N2O/c1-20-15-8-4-7-13-12(15)9-10-14-16(18-19-17(13)14)11-5-2-3-6-11/h2-8,14,16,18H,9-10H2,1H3. The van der Waals surface area contributed by atoms with Crippen molar-refractivity contribution in [3.8, 4) is 5.75 Å². The van der Waals surface area contributed by atoms with E-state index < -0.39 is 0 Å². The van der Waals surface area contributed by atoms with Gasteiger partial charge in [0.25, 0.3) is 0 Å². The largest absolute Gasteiger partial charge is 0.496 e. The van der Waals surface area contributed by atoms with Crippen LogP contribution in [0.15, 0.2) is 23.3 Å². The third kappa shape index (κ3) is 1.75. The second-order valence-electron chi connectivity index (χ2n) is 5.45. The Labute approximate surface area is 120 Å². The van der Waals surface area contributed by atoms with Crippen molar-refractivity contribution >= 4 is 5.71 Å². The van der Waals surface area contributed by atoms with Gasteiger partial charge in [-0.25, -0.2) is 0 Å². The maximum absolute atomic E-state index is 5.48. The number of benzene rings is 1. The molecule has 2 unspecified atom stereocenters. The van der Waals surface area contributed by atoms with E-state index in [2.05, 4.69) is 48.3 Å². The van der Waals surface area contributed by atoms with E-state index in [0.29, 0.717) is 12.0 Å². The first-order chi connectivity index (χ1) is 9.88. The van der Waals surface area contributed by atoms with Gasteiger partial charge in [0.1, 0.15) is 5.75 Å². The molecule has 0 spiro atoms. The van der Waals surface area contributed by atoms with Crippen LogP contribution in [-0.4, -0.2) is 18.9 Å². The van der Waals surface area contributed by atoms with Gasteiger partial charge in [-0.2, -0.15) is 5.10 Å². The molecule has 5 radical (unpaired) electrons. The summed E-state index contributed by atoms with van der Waals surface area (Å²) in [5.41, 5.74) is 7.07. The molecule has 3 nitrogen and oxygen atoms in total. The fourth-order valence-corrected chi connectivity index (χ4v) is 3.49. The average molecular weight is 265 g/mol. The van der Waals surface area contributed by atoms with Crippen LogP contribution in [0.3, 0.4) is 0 Å². The third-order valence-electron chi connectivity index (χ3n) is 4.46. The van der Waals surface area contributed by atoms with E-state index in [0.717, 1.165) is 18.6 Å².